The summed E-state index contributed by atoms with van der Waals surface area (Å²) < 4.78 is 0. The van der Waals surface area contributed by atoms with Gasteiger partial charge in [0.1, 0.15) is 6.04 Å². The van der Waals surface area contributed by atoms with Gasteiger partial charge in [-0.15, -0.1) is 0 Å². The third kappa shape index (κ3) is 6.67. The molecule has 250 valence electrons. The lowest BCUT2D eigenvalue weighted by atomic mass is 10.0. The van der Waals surface area contributed by atoms with Crippen LogP contribution in [0.2, 0.25) is 0 Å². The summed E-state index contributed by atoms with van der Waals surface area (Å²) in [6.07, 6.45) is 6.30. The normalized spacial score (nSPS) is 19.8. The van der Waals surface area contributed by atoms with Gasteiger partial charge in [-0.2, -0.15) is 0 Å². The quantitative estimate of drug-likeness (QED) is 0.199. The predicted octanol–water partition coefficient (Wildman–Crippen LogP) is 3.82. The number of anilines is 3. The molecule has 0 aromatic heterocycles. The zero-order valence-electron chi connectivity index (χ0n) is 27.0. The van der Waals surface area contributed by atoms with Crippen molar-refractivity contribution in [1.82, 2.24) is 10.2 Å². The summed E-state index contributed by atoms with van der Waals surface area (Å²) in [6.45, 7) is 3.04. The monoisotopic (exact) mass is 658 g/mol. The number of amides is 4. The highest BCUT2D eigenvalue weighted by molar-refractivity contribution is 6.24. The van der Waals surface area contributed by atoms with E-state index in [-0.39, 0.29) is 30.0 Å². The van der Waals surface area contributed by atoms with E-state index in [0.717, 1.165) is 59.9 Å². The number of fused-ring (bicyclic) bond motifs is 2. The van der Waals surface area contributed by atoms with Gasteiger partial charge >= 0.3 is 0 Å². The van der Waals surface area contributed by atoms with Gasteiger partial charge in [0, 0.05) is 55.4 Å². The molecule has 1 unspecified atom stereocenters. The summed E-state index contributed by atoms with van der Waals surface area (Å²) in [5.41, 5.74) is 13.2. The largest absolute Gasteiger partial charge is 0.404 e. The molecule has 12 heteroatoms. The summed E-state index contributed by atoms with van der Waals surface area (Å²) in [5, 5.41) is 8.99. The minimum absolute atomic E-state index is 0.0873. The van der Waals surface area contributed by atoms with Crippen molar-refractivity contribution in [3.63, 3.8) is 0 Å². The minimum atomic E-state index is -0.979. The van der Waals surface area contributed by atoms with E-state index in [4.69, 9.17) is 15.7 Å². The molecule has 7 rings (SSSR count). The van der Waals surface area contributed by atoms with Crippen molar-refractivity contribution < 1.29 is 19.2 Å². The first kappa shape index (κ1) is 31.8. The number of imide groups is 2. The lowest BCUT2D eigenvalue weighted by Crippen LogP contribution is -2.54. The van der Waals surface area contributed by atoms with Crippen LogP contribution in [-0.4, -0.2) is 78.7 Å². The number of carbonyl (C=O) groups is 4. The molecule has 1 atom stereocenters. The van der Waals surface area contributed by atoms with Crippen molar-refractivity contribution >= 4 is 58.3 Å². The van der Waals surface area contributed by atoms with Gasteiger partial charge in [-0.3, -0.25) is 34.4 Å². The Bertz CT molecular complexity index is 1910. The minimum Gasteiger partial charge on any atom is -0.404 e. The number of nitrogens with zero attached hydrogens (tertiary/aromatic N) is 4. The lowest BCUT2D eigenvalue weighted by Gasteiger charge is -2.32. The molecule has 4 heterocycles. The van der Waals surface area contributed by atoms with Crippen LogP contribution in [0, 0.1) is 0 Å². The highest BCUT2D eigenvalue weighted by atomic mass is 16.2. The highest BCUT2D eigenvalue weighted by Gasteiger charge is 2.44. The molecule has 3 aromatic carbocycles. The maximum absolute atomic E-state index is 13.2. The molecule has 2 fully saturated rings. The first-order chi connectivity index (χ1) is 23.9. The summed E-state index contributed by atoms with van der Waals surface area (Å²) in [5.74, 6) is -2.04. The van der Waals surface area contributed by atoms with E-state index in [1.54, 1.807) is 24.4 Å². The Morgan fingerprint density at radius 1 is 0.959 bits per heavy atom. The Hall–Kier alpha value is -5.78. The van der Waals surface area contributed by atoms with Crippen LogP contribution in [0.4, 0.5) is 22.7 Å². The van der Waals surface area contributed by atoms with E-state index in [0.29, 0.717) is 18.8 Å². The third-order valence-corrected chi connectivity index (χ3v) is 9.47. The predicted molar refractivity (Wildman–Crippen MR) is 190 cm³/mol. The second-order valence-corrected chi connectivity index (χ2v) is 12.6. The zero-order valence-corrected chi connectivity index (χ0v) is 27.0. The summed E-state index contributed by atoms with van der Waals surface area (Å²) in [6, 6.07) is 20.8. The van der Waals surface area contributed by atoms with Gasteiger partial charge in [-0.05, 0) is 73.7 Å². The Labute approximate surface area is 284 Å². The van der Waals surface area contributed by atoms with Crippen LogP contribution in [0.5, 0.6) is 0 Å². The van der Waals surface area contributed by atoms with E-state index in [1.807, 2.05) is 30.5 Å². The maximum Gasteiger partial charge on any atom is 0.262 e. The van der Waals surface area contributed by atoms with Crippen LogP contribution in [0.1, 0.15) is 52.0 Å². The average molecular weight is 659 g/mol. The Balaban J connectivity index is 0.909. The third-order valence-electron chi connectivity index (χ3n) is 9.47. The molecule has 49 heavy (non-hydrogen) atoms. The van der Waals surface area contributed by atoms with Crippen LogP contribution in [-0.2, 0) is 16.0 Å². The summed E-state index contributed by atoms with van der Waals surface area (Å²) in [7, 11) is 0. The average Bonchev–Trinajstić information content (AvgIpc) is 3.37. The molecular formula is C37H38N8O4. The molecule has 4 aliphatic rings. The van der Waals surface area contributed by atoms with E-state index in [2.05, 4.69) is 45.1 Å². The van der Waals surface area contributed by atoms with Gasteiger partial charge < -0.3 is 21.3 Å². The second-order valence-electron chi connectivity index (χ2n) is 12.6. The number of carbonyl (C=O) groups excluding carboxylic acids is 4. The van der Waals surface area contributed by atoms with Crippen molar-refractivity contribution in [3.8, 4) is 0 Å². The number of aliphatic imine (C=N–C) groups is 2. The number of hydrogen-bond donors (Lipinski definition) is 4. The standard InChI is InChI=1S/C37H38N8O4/c38-20-24(32-22-41-30-6-1-2-7-31(30)42-32)21-40-25-13-16-44(17-14-25)27-5-3-4-23(18-27)12-15-39-26-8-9-28-29(19-26)37(49)45(36(28)48)33-10-11-34(46)43-35(33)47/h1-9,18-21,25,33,39,41H,10-17,22,38H2,(H,43,46,47). The van der Waals surface area contributed by atoms with Crippen LogP contribution in [0.15, 0.2) is 88.5 Å². The molecule has 0 bridgehead atoms. The molecule has 3 aromatic rings. The number of benzene rings is 3. The van der Waals surface area contributed by atoms with E-state index < -0.39 is 29.7 Å². The van der Waals surface area contributed by atoms with Crippen LogP contribution >= 0.6 is 0 Å². The van der Waals surface area contributed by atoms with Gasteiger partial charge in [0.2, 0.25) is 11.8 Å². The van der Waals surface area contributed by atoms with E-state index in [1.165, 1.54) is 11.3 Å². The molecule has 0 saturated carbocycles. The highest BCUT2D eigenvalue weighted by Crippen LogP contribution is 2.31. The van der Waals surface area contributed by atoms with Crippen molar-refractivity contribution in [3.05, 3.63) is 95.2 Å². The van der Waals surface area contributed by atoms with E-state index >= 15 is 0 Å². The van der Waals surface area contributed by atoms with Crippen LogP contribution in [0.3, 0.4) is 0 Å². The lowest BCUT2D eigenvalue weighted by molar-refractivity contribution is -0.136. The number of hydrogen-bond acceptors (Lipinski definition) is 10. The molecular weight excluding hydrogens is 620 g/mol. The summed E-state index contributed by atoms with van der Waals surface area (Å²) >= 11 is 0. The topological polar surface area (TPSA) is 162 Å². The van der Waals surface area contributed by atoms with Crippen LogP contribution in [0.25, 0.3) is 0 Å². The maximum atomic E-state index is 13.2. The van der Waals surface area contributed by atoms with Gasteiger partial charge in [-0.25, -0.2) is 4.99 Å². The van der Waals surface area contributed by atoms with E-state index in [9.17, 15) is 19.2 Å². The van der Waals surface area contributed by atoms with Gasteiger partial charge in [0.15, 0.2) is 0 Å². The van der Waals surface area contributed by atoms with Gasteiger partial charge in [-0.1, -0.05) is 24.3 Å². The zero-order chi connectivity index (χ0) is 33.9. The summed E-state index contributed by atoms with van der Waals surface area (Å²) in [4.78, 5) is 63.1. The smallest absolute Gasteiger partial charge is 0.262 e. The first-order valence-corrected chi connectivity index (χ1v) is 16.7. The molecule has 5 N–H and O–H groups in total. The molecule has 0 radical (unpaired) electrons. The number of nitrogens with one attached hydrogen (secondary N) is 3. The molecule has 4 aliphatic heterocycles. The fourth-order valence-electron chi connectivity index (χ4n) is 6.76. The molecule has 0 aliphatic carbocycles. The Morgan fingerprint density at radius 3 is 2.59 bits per heavy atom. The Morgan fingerprint density at radius 2 is 1.78 bits per heavy atom. The van der Waals surface area contributed by atoms with Gasteiger partial charge in [0.05, 0.1) is 40.8 Å². The Kier molecular flexibility index (Phi) is 8.93. The SMILES string of the molecule is NC=C(C=NC1CCN(c2cccc(CCNc3ccc4c(c3)C(=O)N(C3CCC(=O)NC3=O)C4=O)c2)CC1)C1=Nc2ccccc2NC1. The number of piperidine rings is 2. The number of para-hydroxylation sites is 2. The molecule has 0 spiro atoms. The second kappa shape index (κ2) is 13.8. The van der Waals surface area contributed by atoms with Crippen molar-refractivity contribution in [1.29, 1.82) is 0 Å². The first-order valence-electron chi connectivity index (χ1n) is 16.7. The van der Waals surface area contributed by atoms with Crippen LogP contribution < -0.4 is 26.6 Å². The van der Waals surface area contributed by atoms with Crippen molar-refractivity contribution in [2.24, 2.45) is 15.7 Å². The van der Waals surface area contributed by atoms with Gasteiger partial charge in [0.25, 0.3) is 11.8 Å². The number of rotatable bonds is 9. The fourth-order valence-corrected chi connectivity index (χ4v) is 6.76. The molecule has 4 amide bonds. The molecule has 12 nitrogen and oxygen atoms in total. The molecule has 2 saturated heterocycles. The fraction of sp³-hybridized carbons (Fsp3) is 0.297. The van der Waals surface area contributed by atoms with Crippen molar-refractivity contribution in [2.45, 2.75) is 44.2 Å². The van der Waals surface area contributed by atoms with Crippen molar-refractivity contribution in [2.75, 3.05) is 41.7 Å². The number of nitrogens with two attached hydrogens (primary N) is 1.